The maximum atomic E-state index is 12.4. The quantitative estimate of drug-likeness (QED) is 0.128. The van der Waals surface area contributed by atoms with Crippen LogP contribution in [0.5, 0.6) is 0 Å². The highest BCUT2D eigenvalue weighted by atomic mass is 32.2. The van der Waals surface area contributed by atoms with Crippen molar-refractivity contribution in [2.45, 2.75) is 9.79 Å². The van der Waals surface area contributed by atoms with Crippen LogP contribution in [0.4, 0.5) is 0 Å². The molecule has 6 rings (SSSR count). The largest absolute Gasteiger partial charge is 0.295 e. The first-order chi connectivity index (χ1) is 21.1. The van der Waals surface area contributed by atoms with Crippen LogP contribution < -0.4 is 0 Å². The van der Waals surface area contributed by atoms with E-state index in [1.807, 2.05) is 60.7 Å². The Bertz CT molecular complexity index is 2070. The number of aromatic amines is 2. The molecule has 220 valence electrons. The van der Waals surface area contributed by atoms with E-state index in [1.165, 1.54) is 36.4 Å². The second kappa shape index (κ2) is 11.4. The third kappa shape index (κ3) is 5.82. The molecule has 14 heteroatoms. The molecule has 4 aromatic carbocycles. The van der Waals surface area contributed by atoms with E-state index in [0.29, 0.717) is 33.9 Å². The summed E-state index contributed by atoms with van der Waals surface area (Å²) in [5.41, 5.74) is 4.05. The van der Waals surface area contributed by atoms with Crippen LogP contribution in [0.1, 0.15) is 11.1 Å². The molecule has 12 nitrogen and oxygen atoms in total. The Labute approximate surface area is 251 Å². The van der Waals surface area contributed by atoms with Gasteiger partial charge in [-0.05, 0) is 23.3 Å². The first-order valence-corrected chi connectivity index (χ1v) is 15.8. The Morgan fingerprint density at radius 3 is 1.16 bits per heavy atom. The lowest BCUT2D eigenvalue weighted by atomic mass is 10.0. The summed E-state index contributed by atoms with van der Waals surface area (Å²) in [5, 5.41) is 21.8. The second-order valence-corrected chi connectivity index (χ2v) is 12.3. The summed E-state index contributed by atoms with van der Waals surface area (Å²) in [4.78, 5) is -0.873. The zero-order valence-electron chi connectivity index (χ0n) is 22.5. The van der Waals surface area contributed by atoms with Crippen molar-refractivity contribution >= 4 is 32.4 Å². The summed E-state index contributed by atoms with van der Waals surface area (Å²) >= 11 is 0. The Hall–Kier alpha value is -5.28. The van der Waals surface area contributed by atoms with Crippen molar-refractivity contribution < 1.29 is 25.9 Å². The average molecular weight is 627 g/mol. The minimum atomic E-state index is -4.73. The Kier molecular flexibility index (Phi) is 7.48. The maximum Gasteiger partial charge on any atom is 0.295 e. The predicted octanol–water partition coefficient (Wildman–Crippen LogP) is 5.25. The summed E-state index contributed by atoms with van der Waals surface area (Å²) in [6.07, 6.45) is 2.64. The van der Waals surface area contributed by atoms with Gasteiger partial charge >= 0.3 is 0 Å². The first-order valence-electron chi connectivity index (χ1n) is 12.9. The van der Waals surface area contributed by atoms with Crippen LogP contribution >= 0.6 is 0 Å². The van der Waals surface area contributed by atoms with E-state index < -0.39 is 30.0 Å². The lowest BCUT2D eigenvalue weighted by molar-refractivity contribution is 0.480. The van der Waals surface area contributed by atoms with Crippen molar-refractivity contribution in [2.24, 2.45) is 0 Å². The molecule has 2 aromatic heterocycles. The van der Waals surface area contributed by atoms with Crippen LogP contribution in [0.2, 0.25) is 0 Å². The second-order valence-electron chi connectivity index (χ2n) is 9.56. The minimum absolute atomic E-state index is 0.0641. The molecule has 0 radical (unpaired) electrons. The zero-order chi connectivity index (χ0) is 30.9. The monoisotopic (exact) mass is 626 g/mol. The van der Waals surface area contributed by atoms with Gasteiger partial charge in [-0.3, -0.25) is 9.11 Å². The molecule has 0 aliphatic heterocycles. The van der Waals surface area contributed by atoms with Gasteiger partial charge in [0.15, 0.2) is 0 Å². The van der Waals surface area contributed by atoms with Gasteiger partial charge in [-0.2, -0.15) is 47.7 Å². The molecule has 0 atom stereocenters. The molecule has 0 unspecified atom stereocenters. The fourth-order valence-corrected chi connectivity index (χ4v) is 6.14. The number of rotatable bonds is 8. The van der Waals surface area contributed by atoms with E-state index in [0.717, 1.165) is 11.1 Å². The van der Waals surface area contributed by atoms with E-state index in [1.54, 1.807) is 12.1 Å². The van der Waals surface area contributed by atoms with Crippen LogP contribution in [0, 0.1) is 0 Å². The van der Waals surface area contributed by atoms with Gasteiger partial charge in [-0.15, -0.1) is 0 Å². The third-order valence-corrected chi connectivity index (χ3v) is 8.58. The Balaban J connectivity index is 1.40. The van der Waals surface area contributed by atoms with Crippen LogP contribution in [0.3, 0.4) is 0 Å². The van der Waals surface area contributed by atoms with Crippen molar-refractivity contribution in [3.63, 3.8) is 0 Å². The van der Waals surface area contributed by atoms with Crippen molar-refractivity contribution in [1.82, 2.24) is 30.8 Å². The topological polar surface area (TPSA) is 192 Å². The highest BCUT2D eigenvalue weighted by molar-refractivity contribution is 7.86. The maximum absolute atomic E-state index is 12.4. The molecule has 0 saturated carbocycles. The van der Waals surface area contributed by atoms with Gasteiger partial charge in [0.05, 0.1) is 0 Å². The fourth-order valence-electron chi connectivity index (χ4n) is 4.72. The van der Waals surface area contributed by atoms with Gasteiger partial charge in [-0.1, -0.05) is 97.1 Å². The molecule has 0 bridgehead atoms. The van der Waals surface area contributed by atoms with Gasteiger partial charge < -0.3 is 0 Å². The fraction of sp³-hybridized carbons (Fsp3) is 0. The zero-order valence-corrected chi connectivity index (χ0v) is 24.2. The summed E-state index contributed by atoms with van der Waals surface area (Å²) in [6, 6.07) is 26.9. The Morgan fingerprint density at radius 2 is 0.818 bits per heavy atom. The molecular weight excluding hydrogens is 605 g/mol. The van der Waals surface area contributed by atoms with Gasteiger partial charge in [0.25, 0.3) is 20.2 Å². The molecule has 2 heterocycles. The first kappa shape index (κ1) is 28.8. The Morgan fingerprint density at radius 1 is 0.477 bits per heavy atom. The molecule has 0 fully saturated rings. The van der Waals surface area contributed by atoms with Crippen molar-refractivity contribution in [2.75, 3.05) is 0 Å². The lowest BCUT2D eigenvalue weighted by Crippen LogP contribution is -2.03. The van der Waals surface area contributed by atoms with Crippen molar-refractivity contribution in [3.8, 4) is 45.0 Å². The van der Waals surface area contributed by atoms with E-state index in [2.05, 4.69) is 30.8 Å². The van der Waals surface area contributed by atoms with Crippen LogP contribution in [0.15, 0.2) is 107 Å². The molecule has 44 heavy (non-hydrogen) atoms. The summed E-state index contributed by atoms with van der Waals surface area (Å²) < 4.78 is 69.8. The molecule has 0 amide bonds. The minimum Gasteiger partial charge on any atom is -0.282 e. The number of nitrogens with zero attached hydrogens (tertiary/aromatic N) is 4. The van der Waals surface area contributed by atoms with Gasteiger partial charge in [0.1, 0.15) is 32.6 Å². The van der Waals surface area contributed by atoms with E-state index >= 15 is 0 Å². The van der Waals surface area contributed by atoms with Crippen LogP contribution in [-0.2, 0) is 20.2 Å². The van der Waals surface area contributed by atoms with Crippen LogP contribution in [0.25, 0.3) is 57.2 Å². The van der Waals surface area contributed by atoms with Crippen LogP contribution in [-0.4, -0.2) is 56.8 Å². The summed E-state index contributed by atoms with van der Waals surface area (Å²) in [7, 11) is -9.46. The molecular formula is C30H22N6O6S2. The van der Waals surface area contributed by atoms with E-state index in [-0.39, 0.29) is 11.1 Å². The number of hydrogen-bond acceptors (Lipinski definition) is 8. The summed E-state index contributed by atoms with van der Waals surface area (Å²) in [6.45, 7) is 0. The normalized spacial score (nSPS) is 12.1. The molecule has 4 N–H and O–H groups in total. The van der Waals surface area contributed by atoms with Crippen molar-refractivity contribution in [3.05, 3.63) is 108 Å². The lowest BCUT2D eigenvalue weighted by Gasteiger charge is -2.09. The van der Waals surface area contributed by atoms with Gasteiger partial charge in [0.2, 0.25) is 0 Å². The van der Waals surface area contributed by atoms with E-state index in [4.69, 9.17) is 0 Å². The number of benzene rings is 4. The number of nitrogens with one attached hydrogen (secondary N) is 2. The molecule has 0 aliphatic carbocycles. The molecule has 6 aromatic rings. The SMILES string of the molecule is O=S(=O)(O)c1cc(-c2n[nH]nc2-c2ccccc2)ccc1C=Cc1ccc(-c2n[nH]nc2-c2ccccc2)cc1S(=O)(=O)O. The highest BCUT2D eigenvalue weighted by Crippen LogP contribution is 2.33. The summed E-state index contributed by atoms with van der Waals surface area (Å²) in [5.74, 6) is 0. The number of hydrogen-bond donors (Lipinski definition) is 4. The number of H-pyrrole nitrogens is 2. The predicted molar refractivity (Wildman–Crippen MR) is 163 cm³/mol. The van der Waals surface area contributed by atoms with E-state index in [9.17, 15) is 25.9 Å². The number of aromatic nitrogens is 6. The van der Waals surface area contributed by atoms with Gasteiger partial charge in [-0.25, -0.2) is 0 Å². The standard InChI is InChI=1S/C30H22N6O6S2/c37-43(38,39)25-17-23(29-27(31-35-33-29)21-7-3-1-4-8-21)15-13-19(25)11-12-20-14-16-24(18-26(20)44(40,41)42)30-28(32-36-34-30)22-9-5-2-6-10-22/h1-18H,(H,31,33,35)(H,32,34,36)(H,37,38,39)(H,40,41,42). The molecule has 0 saturated heterocycles. The molecule has 0 spiro atoms. The third-order valence-electron chi connectivity index (χ3n) is 6.76. The smallest absolute Gasteiger partial charge is 0.282 e. The van der Waals surface area contributed by atoms with Crippen molar-refractivity contribution in [1.29, 1.82) is 0 Å². The van der Waals surface area contributed by atoms with Gasteiger partial charge in [0, 0.05) is 22.3 Å². The highest BCUT2D eigenvalue weighted by Gasteiger charge is 2.21. The average Bonchev–Trinajstić information content (AvgIpc) is 3.71. The molecule has 0 aliphatic rings.